The lowest BCUT2D eigenvalue weighted by Gasteiger charge is -2.08. The van der Waals surface area contributed by atoms with Crippen LogP contribution in [0.2, 0.25) is 0 Å². The number of nitriles is 1. The Morgan fingerprint density at radius 1 is 1.23 bits per heavy atom. The molecule has 0 spiro atoms. The Kier molecular flexibility index (Phi) is 6.45. The molecule has 0 atom stereocenters. The highest BCUT2D eigenvalue weighted by atomic mass is 16.5. The molecule has 0 aliphatic rings. The number of hydrogen-bond acceptors (Lipinski definition) is 7. The van der Waals surface area contributed by atoms with E-state index >= 15 is 0 Å². The highest BCUT2D eigenvalue weighted by molar-refractivity contribution is 5.87. The highest BCUT2D eigenvalue weighted by Gasteiger charge is 2.07. The second kappa shape index (κ2) is 9.39. The van der Waals surface area contributed by atoms with Crippen molar-refractivity contribution < 1.29 is 19.0 Å². The van der Waals surface area contributed by atoms with Crippen molar-refractivity contribution in [3.05, 3.63) is 75.8 Å². The number of hydrogen-bond donors (Lipinski definition) is 0. The van der Waals surface area contributed by atoms with Crippen molar-refractivity contribution in [1.29, 1.82) is 5.26 Å². The van der Waals surface area contributed by atoms with Gasteiger partial charge in [0.25, 0.3) is 5.56 Å². The van der Waals surface area contributed by atoms with Gasteiger partial charge in [0.1, 0.15) is 18.3 Å². The van der Waals surface area contributed by atoms with E-state index < -0.39 is 5.97 Å². The lowest BCUT2D eigenvalue weighted by atomic mass is 10.2. The maximum atomic E-state index is 12.3. The zero-order valence-electron chi connectivity index (χ0n) is 16.5. The van der Waals surface area contributed by atoms with Crippen LogP contribution in [0.3, 0.4) is 0 Å². The molecular formula is C22H19N3O5. The SMILES string of the molecule is COc1cc(/C=C/C(=O)OCc2cc(=O)n3c(C)cccc3n2)ccc1OCC#N. The highest BCUT2D eigenvalue weighted by Crippen LogP contribution is 2.28. The van der Waals surface area contributed by atoms with E-state index in [4.69, 9.17) is 19.5 Å². The van der Waals surface area contributed by atoms with Crippen LogP contribution in [0.5, 0.6) is 11.5 Å². The zero-order chi connectivity index (χ0) is 21.5. The van der Waals surface area contributed by atoms with E-state index in [9.17, 15) is 9.59 Å². The lowest BCUT2D eigenvalue weighted by molar-refractivity contribution is -0.139. The number of carbonyl (C=O) groups is 1. The fraction of sp³-hybridized carbons (Fsp3) is 0.182. The monoisotopic (exact) mass is 405 g/mol. The summed E-state index contributed by atoms with van der Waals surface area (Å²) in [5, 5.41) is 8.60. The molecule has 3 rings (SSSR count). The molecule has 2 heterocycles. The molecule has 0 radical (unpaired) electrons. The molecule has 0 fully saturated rings. The summed E-state index contributed by atoms with van der Waals surface area (Å²) in [6.45, 7) is 1.61. The van der Waals surface area contributed by atoms with Crippen LogP contribution in [0.4, 0.5) is 0 Å². The molecule has 0 amide bonds. The van der Waals surface area contributed by atoms with Crippen molar-refractivity contribution in [2.45, 2.75) is 13.5 Å². The third-order valence-corrected chi connectivity index (χ3v) is 4.19. The fourth-order valence-corrected chi connectivity index (χ4v) is 2.81. The Hall–Kier alpha value is -4.12. The van der Waals surface area contributed by atoms with Crippen LogP contribution >= 0.6 is 0 Å². The maximum Gasteiger partial charge on any atom is 0.331 e. The number of pyridine rings is 1. The standard InChI is InChI=1S/C22H19N3O5/c1-15-4-3-5-20-24-17(13-21(26)25(15)20)14-30-22(27)9-7-16-6-8-18(29-11-10-23)19(12-16)28-2/h3-9,12-13H,11,14H2,1-2H3/b9-7+. The van der Waals surface area contributed by atoms with Crippen molar-refractivity contribution in [3.8, 4) is 17.6 Å². The van der Waals surface area contributed by atoms with Gasteiger partial charge in [-0.05, 0) is 42.8 Å². The van der Waals surface area contributed by atoms with E-state index in [0.717, 1.165) is 5.69 Å². The molecule has 0 saturated heterocycles. The van der Waals surface area contributed by atoms with Gasteiger partial charge in [0.05, 0.1) is 12.8 Å². The molecule has 0 aliphatic carbocycles. The number of carbonyl (C=O) groups excluding carboxylic acids is 1. The van der Waals surface area contributed by atoms with Crippen LogP contribution in [0.15, 0.2) is 53.3 Å². The van der Waals surface area contributed by atoms with Crippen molar-refractivity contribution in [2.24, 2.45) is 0 Å². The first-order chi connectivity index (χ1) is 14.5. The molecule has 0 saturated carbocycles. The predicted molar refractivity (Wildman–Crippen MR) is 109 cm³/mol. The third kappa shape index (κ3) is 4.83. The van der Waals surface area contributed by atoms with E-state index in [0.29, 0.717) is 28.4 Å². The molecule has 8 nitrogen and oxygen atoms in total. The first-order valence-electron chi connectivity index (χ1n) is 9.03. The number of nitrogens with zero attached hydrogens (tertiary/aromatic N) is 3. The molecule has 8 heteroatoms. The summed E-state index contributed by atoms with van der Waals surface area (Å²) in [6.07, 6.45) is 2.83. The number of benzene rings is 1. The van der Waals surface area contributed by atoms with Gasteiger partial charge in [0, 0.05) is 17.8 Å². The second-order valence-corrected chi connectivity index (χ2v) is 6.24. The van der Waals surface area contributed by atoms with Gasteiger partial charge < -0.3 is 14.2 Å². The molecule has 2 aromatic heterocycles. The summed E-state index contributed by atoms with van der Waals surface area (Å²) < 4.78 is 17.2. The smallest absolute Gasteiger partial charge is 0.331 e. The Labute approximate surface area is 172 Å². The minimum absolute atomic E-state index is 0.0934. The fourth-order valence-electron chi connectivity index (χ4n) is 2.81. The van der Waals surface area contributed by atoms with E-state index in [1.54, 1.807) is 36.4 Å². The lowest BCUT2D eigenvalue weighted by Crippen LogP contribution is -2.18. The van der Waals surface area contributed by atoms with Gasteiger partial charge in [-0.2, -0.15) is 5.26 Å². The molecule has 0 bridgehead atoms. The summed E-state index contributed by atoms with van der Waals surface area (Å²) in [5.41, 5.74) is 2.09. The van der Waals surface area contributed by atoms with Crippen LogP contribution in [-0.2, 0) is 16.1 Å². The Morgan fingerprint density at radius 2 is 2.07 bits per heavy atom. The van der Waals surface area contributed by atoms with Gasteiger partial charge in [0.15, 0.2) is 18.1 Å². The van der Waals surface area contributed by atoms with Crippen molar-refractivity contribution in [1.82, 2.24) is 9.38 Å². The van der Waals surface area contributed by atoms with Gasteiger partial charge >= 0.3 is 5.97 Å². The van der Waals surface area contributed by atoms with E-state index in [1.807, 2.05) is 19.1 Å². The largest absolute Gasteiger partial charge is 0.493 e. The number of ether oxygens (including phenoxy) is 3. The van der Waals surface area contributed by atoms with Crippen molar-refractivity contribution in [2.75, 3.05) is 13.7 Å². The van der Waals surface area contributed by atoms with Gasteiger partial charge in [0.2, 0.25) is 0 Å². The molecule has 3 aromatic rings. The number of esters is 1. The van der Waals surface area contributed by atoms with Crippen molar-refractivity contribution >= 4 is 17.7 Å². The molecule has 1 aromatic carbocycles. The van der Waals surface area contributed by atoms with Crippen LogP contribution in [0.25, 0.3) is 11.7 Å². The molecule has 0 N–H and O–H groups in total. The van der Waals surface area contributed by atoms with Crippen LogP contribution in [0.1, 0.15) is 17.0 Å². The van der Waals surface area contributed by atoms with E-state index in [2.05, 4.69) is 4.98 Å². The zero-order valence-corrected chi connectivity index (χ0v) is 16.5. The quantitative estimate of drug-likeness (QED) is 0.440. The molecule has 30 heavy (non-hydrogen) atoms. The number of methoxy groups -OCH3 is 1. The second-order valence-electron chi connectivity index (χ2n) is 6.24. The third-order valence-electron chi connectivity index (χ3n) is 4.19. The van der Waals surface area contributed by atoms with Crippen LogP contribution in [-0.4, -0.2) is 29.1 Å². The normalized spacial score (nSPS) is 10.7. The van der Waals surface area contributed by atoms with Gasteiger partial charge in [-0.1, -0.05) is 12.1 Å². The minimum atomic E-state index is -0.579. The Balaban J connectivity index is 1.66. The molecule has 0 unspecified atom stereocenters. The molecular weight excluding hydrogens is 386 g/mol. The summed E-state index contributed by atoms with van der Waals surface area (Å²) in [7, 11) is 1.48. The average molecular weight is 405 g/mol. The summed E-state index contributed by atoms with van der Waals surface area (Å²) in [4.78, 5) is 28.7. The number of rotatable bonds is 7. The van der Waals surface area contributed by atoms with Crippen molar-refractivity contribution in [3.63, 3.8) is 0 Å². The van der Waals surface area contributed by atoms with Crippen LogP contribution < -0.4 is 15.0 Å². The maximum absolute atomic E-state index is 12.3. The summed E-state index contributed by atoms with van der Waals surface area (Å²) in [5.74, 6) is 0.296. The van der Waals surface area contributed by atoms with Gasteiger partial charge in [-0.15, -0.1) is 0 Å². The first kappa shape index (κ1) is 20.6. The Morgan fingerprint density at radius 3 is 2.83 bits per heavy atom. The predicted octanol–water partition coefficient (Wildman–Crippen LogP) is 2.67. The minimum Gasteiger partial charge on any atom is -0.493 e. The van der Waals surface area contributed by atoms with Gasteiger partial charge in [-0.3, -0.25) is 9.20 Å². The number of aryl methyl sites for hydroxylation is 1. The summed E-state index contributed by atoms with van der Waals surface area (Å²) in [6, 6.07) is 13.6. The summed E-state index contributed by atoms with van der Waals surface area (Å²) >= 11 is 0. The molecule has 152 valence electrons. The number of fused-ring (bicyclic) bond motifs is 1. The average Bonchev–Trinajstić information content (AvgIpc) is 2.74. The van der Waals surface area contributed by atoms with Gasteiger partial charge in [-0.25, -0.2) is 9.78 Å². The van der Waals surface area contributed by atoms with E-state index in [-0.39, 0.29) is 18.8 Å². The molecule has 0 aliphatic heterocycles. The Bertz CT molecular complexity index is 1210. The first-order valence-corrected chi connectivity index (χ1v) is 9.03. The topological polar surface area (TPSA) is 103 Å². The number of aromatic nitrogens is 2. The van der Waals surface area contributed by atoms with E-state index in [1.165, 1.54) is 23.7 Å². The van der Waals surface area contributed by atoms with Crippen LogP contribution in [0, 0.1) is 18.3 Å².